The molecule has 2 heterocycles. The van der Waals surface area contributed by atoms with Gasteiger partial charge in [0.1, 0.15) is 6.10 Å². The number of hydrogen-bond acceptors (Lipinski definition) is 3. The maximum absolute atomic E-state index is 11.1. The molecule has 1 aliphatic rings. The molecule has 86 valence electrons. The molecule has 0 saturated carbocycles. The van der Waals surface area contributed by atoms with Crippen LogP contribution in [0.25, 0.3) is 0 Å². The van der Waals surface area contributed by atoms with E-state index in [9.17, 15) is 4.79 Å². The van der Waals surface area contributed by atoms with Gasteiger partial charge in [-0.3, -0.25) is 4.79 Å². The van der Waals surface area contributed by atoms with E-state index in [0.717, 1.165) is 25.9 Å². The van der Waals surface area contributed by atoms with Crippen LogP contribution in [0.5, 0.6) is 5.88 Å². The summed E-state index contributed by atoms with van der Waals surface area (Å²) in [6.45, 7) is 3.18. The number of carbonyl (C=O) groups excluding carboxylic acids is 1. The Morgan fingerprint density at radius 3 is 2.75 bits per heavy atom. The summed E-state index contributed by atoms with van der Waals surface area (Å²) in [5.74, 6) is 0.820. The number of rotatable bonds is 2. The van der Waals surface area contributed by atoms with Crippen LogP contribution in [-0.2, 0) is 4.79 Å². The lowest BCUT2D eigenvalue weighted by Crippen LogP contribution is -2.40. The quantitative estimate of drug-likeness (QED) is 0.758. The van der Waals surface area contributed by atoms with Gasteiger partial charge < -0.3 is 9.64 Å². The van der Waals surface area contributed by atoms with Crippen LogP contribution >= 0.6 is 0 Å². The minimum absolute atomic E-state index is 0.149. The van der Waals surface area contributed by atoms with E-state index in [2.05, 4.69) is 4.98 Å². The molecule has 0 radical (unpaired) electrons. The first-order valence-corrected chi connectivity index (χ1v) is 5.59. The number of likely N-dealkylation sites (tertiary alicyclic amines) is 1. The number of amides is 1. The molecule has 1 fully saturated rings. The largest absolute Gasteiger partial charge is 0.474 e. The maximum atomic E-state index is 11.1. The second kappa shape index (κ2) is 4.96. The molecule has 4 nitrogen and oxygen atoms in total. The third-order valence-electron chi connectivity index (χ3n) is 2.81. The number of nitrogens with zero attached hydrogens (tertiary/aromatic N) is 2. The van der Waals surface area contributed by atoms with E-state index in [0.29, 0.717) is 5.88 Å². The Bertz CT molecular complexity index is 345. The van der Waals surface area contributed by atoms with E-state index in [-0.39, 0.29) is 12.0 Å². The summed E-state index contributed by atoms with van der Waals surface area (Å²) in [5.41, 5.74) is 0. The van der Waals surface area contributed by atoms with Gasteiger partial charge in [-0.25, -0.2) is 4.98 Å². The van der Waals surface area contributed by atoms with Crippen molar-refractivity contribution in [3.63, 3.8) is 0 Å². The van der Waals surface area contributed by atoms with Crippen molar-refractivity contribution in [1.29, 1.82) is 0 Å². The lowest BCUT2D eigenvalue weighted by Gasteiger charge is -2.31. The fraction of sp³-hybridized carbons (Fsp3) is 0.500. The van der Waals surface area contributed by atoms with Crippen molar-refractivity contribution in [1.82, 2.24) is 9.88 Å². The van der Waals surface area contributed by atoms with Crippen LogP contribution in [0.2, 0.25) is 0 Å². The van der Waals surface area contributed by atoms with Crippen LogP contribution in [0.4, 0.5) is 0 Å². The normalized spacial score (nSPS) is 17.2. The molecule has 1 aromatic heterocycles. The summed E-state index contributed by atoms with van der Waals surface area (Å²) >= 11 is 0. The molecule has 0 spiro atoms. The van der Waals surface area contributed by atoms with E-state index in [1.807, 2.05) is 23.1 Å². The molecule has 0 aromatic carbocycles. The van der Waals surface area contributed by atoms with Gasteiger partial charge in [0.05, 0.1) is 0 Å². The molecule has 1 aliphatic heterocycles. The standard InChI is InChI=1S/C12H16N2O2/c1-10(15)14-8-5-11(6-9-14)16-12-4-2-3-7-13-12/h2-4,7,11H,5-6,8-9H2,1H3. The molecule has 0 aliphatic carbocycles. The Labute approximate surface area is 95.2 Å². The second-order valence-electron chi connectivity index (χ2n) is 3.99. The molecule has 1 aromatic rings. The van der Waals surface area contributed by atoms with Gasteiger partial charge >= 0.3 is 0 Å². The highest BCUT2D eigenvalue weighted by atomic mass is 16.5. The second-order valence-corrected chi connectivity index (χ2v) is 3.99. The summed E-state index contributed by atoms with van der Waals surface area (Å²) in [7, 11) is 0. The van der Waals surface area contributed by atoms with Gasteiger partial charge in [-0.05, 0) is 6.07 Å². The molecule has 1 saturated heterocycles. The van der Waals surface area contributed by atoms with Gasteiger partial charge in [0.15, 0.2) is 0 Å². The van der Waals surface area contributed by atoms with Gasteiger partial charge in [-0.1, -0.05) is 6.07 Å². The fourth-order valence-corrected chi connectivity index (χ4v) is 1.88. The van der Waals surface area contributed by atoms with Crippen LogP contribution in [0.15, 0.2) is 24.4 Å². The van der Waals surface area contributed by atoms with Crippen molar-refractivity contribution >= 4 is 5.91 Å². The monoisotopic (exact) mass is 220 g/mol. The number of piperidine rings is 1. The highest BCUT2D eigenvalue weighted by Crippen LogP contribution is 2.16. The predicted molar refractivity (Wildman–Crippen MR) is 60.1 cm³/mol. The summed E-state index contributed by atoms with van der Waals surface area (Å²) in [5, 5.41) is 0. The number of hydrogen-bond donors (Lipinski definition) is 0. The van der Waals surface area contributed by atoms with Crippen LogP contribution in [-0.4, -0.2) is 35.0 Å². The first-order valence-electron chi connectivity index (χ1n) is 5.59. The molecule has 2 rings (SSSR count). The minimum Gasteiger partial charge on any atom is -0.474 e. The lowest BCUT2D eigenvalue weighted by molar-refractivity contribution is -0.130. The first kappa shape index (κ1) is 10.9. The van der Waals surface area contributed by atoms with Crippen molar-refractivity contribution in [2.45, 2.75) is 25.9 Å². The third-order valence-corrected chi connectivity index (χ3v) is 2.81. The SMILES string of the molecule is CC(=O)N1CCC(Oc2ccccn2)CC1. The van der Waals surface area contributed by atoms with Crippen molar-refractivity contribution < 1.29 is 9.53 Å². The zero-order chi connectivity index (χ0) is 11.4. The van der Waals surface area contributed by atoms with Gasteiger partial charge in [0.25, 0.3) is 0 Å². The summed E-state index contributed by atoms with van der Waals surface area (Å²) in [6, 6.07) is 5.63. The molecule has 0 N–H and O–H groups in total. The van der Waals surface area contributed by atoms with Crippen LogP contribution in [0.3, 0.4) is 0 Å². The molecule has 0 atom stereocenters. The van der Waals surface area contributed by atoms with Gasteiger partial charge in [-0.2, -0.15) is 0 Å². The highest BCUT2D eigenvalue weighted by molar-refractivity contribution is 5.73. The van der Waals surface area contributed by atoms with Crippen molar-refractivity contribution in [3.05, 3.63) is 24.4 Å². The first-order chi connectivity index (χ1) is 7.75. The van der Waals surface area contributed by atoms with Gasteiger partial charge in [-0.15, -0.1) is 0 Å². The molecular weight excluding hydrogens is 204 g/mol. The third kappa shape index (κ3) is 2.72. The number of carbonyl (C=O) groups is 1. The Morgan fingerprint density at radius 1 is 1.44 bits per heavy atom. The van der Waals surface area contributed by atoms with E-state index in [1.54, 1.807) is 13.1 Å². The minimum atomic E-state index is 0.149. The van der Waals surface area contributed by atoms with Crippen molar-refractivity contribution in [2.75, 3.05) is 13.1 Å². The molecule has 16 heavy (non-hydrogen) atoms. The molecule has 0 bridgehead atoms. The number of aromatic nitrogens is 1. The van der Waals surface area contributed by atoms with Gasteiger partial charge in [0.2, 0.25) is 11.8 Å². The van der Waals surface area contributed by atoms with Crippen LogP contribution in [0, 0.1) is 0 Å². The van der Waals surface area contributed by atoms with E-state index < -0.39 is 0 Å². The Morgan fingerprint density at radius 2 is 2.19 bits per heavy atom. The summed E-state index contributed by atoms with van der Waals surface area (Å²) in [6.07, 6.45) is 3.68. The predicted octanol–water partition coefficient (Wildman–Crippen LogP) is 1.47. The Hall–Kier alpha value is -1.58. The van der Waals surface area contributed by atoms with Gasteiger partial charge in [0, 0.05) is 45.1 Å². The summed E-state index contributed by atoms with van der Waals surface area (Å²) in [4.78, 5) is 17.1. The van der Waals surface area contributed by atoms with Crippen molar-refractivity contribution in [2.24, 2.45) is 0 Å². The molecular formula is C12H16N2O2. The van der Waals surface area contributed by atoms with E-state index in [4.69, 9.17) is 4.74 Å². The Balaban J connectivity index is 1.84. The zero-order valence-corrected chi connectivity index (χ0v) is 9.43. The van der Waals surface area contributed by atoms with E-state index >= 15 is 0 Å². The lowest BCUT2D eigenvalue weighted by atomic mass is 10.1. The smallest absolute Gasteiger partial charge is 0.219 e. The number of pyridine rings is 1. The molecule has 4 heteroatoms. The highest BCUT2D eigenvalue weighted by Gasteiger charge is 2.21. The molecule has 0 unspecified atom stereocenters. The Kier molecular flexibility index (Phi) is 3.39. The van der Waals surface area contributed by atoms with E-state index in [1.165, 1.54) is 0 Å². The van der Waals surface area contributed by atoms with Crippen LogP contribution in [0.1, 0.15) is 19.8 Å². The maximum Gasteiger partial charge on any atom is 0.219 e. The number of ether oxygens (including phenoxy) is 1. The summed E-state index contributed by atoms with van der Waals surface area (Å²) < 4.78 is 5.73. The average Bonchev–Trinajstić information content (AvgIpc) is 2.31. The average molecular weight is 220 g/mol. The van der Waals surface area contributed by atoms with Crippen molar-refractivity contribution in [3.8, 4) is 5.88 Å². The topological polar surface area (TPSA) is 42.4 Å². The fourth-order valence-electron chi connectivity index (χ4n) is 1.88. The zero-order valence-electron chi connectivity index (χ0n) is 9.43. The molecule has 1 amide bonds. The van der Waals surface area contributed by atoms with Crippen LogP contribution < -0.4 is 4.74 Å².